The number of hydrogen-bond acceptors (Lipinski definition) is 3. The molecule has 0 fully saturated rings. The van der Waals surface area contributed by atoms with Crippen molar-refractivity contribution in [2.24, 2.45) is 0 Å². The smallest absolute Gasteiger partial charge is 0.232 e. The van der Waals surface area contributed by atoms with Crippen LogP contribution >= 0.6 is 15.9 Å². The molecule has 1 aromatic carbocycles. The van der Waals surface area contributed by atoms with Crippen LogP contribution in [-0.4, -0.2) is 27.3 Å². The molecule has 0 heterocycles. The molecule has 0 atom stereocenters. The lowest BCUT2D eigenvalue weighted by Gasteiger charge is -2.11. The van der Waals surface area contributed by atoms with E-state index in [0.29, 0.717) is 12.1 Å². The third-order valence-electron chi connectivity index (χ3n) is 2.55. The Bertz CT molecular complexity index is 489. The third kappa shape index (κ3) is 4.96. The van der Waals surface area contributed by atoms with Crippen molar-refractivity contribution in [2.45, 2.75) is 20.3 Å². The minimum Gasteiger partial charge on any atom is -0.317 e. The molecule has 0 bridgehead atoms. The molecule has 6 heteroatoms. The Kier molecular flexibility index (Phi) is 6.11. The predicted octanol–water partition coefficient (Wildman–Crippen LogP) is 2.50. The van der Waals surface area contributed by atoms with Crippen molar-refractivity contribution in [1.82, 2.24) is 5.32 Å². The molecule has 0 saturated heterocycles. The van der Waals surface area contributed by atoms with Gasteiger partial charge in [-0.05, 0) is 44.1 Å². The lowest BCUT2D eigenvalue weighted by molar-refractivity contribution is 0.595. The Morgan fingerprint density at radius 3 is 2.72 bits per heavy atom. The van der Waals surface area contributed by atoms with Gasteiger partial charge in [0.1, 0.15) is 0 Å². The van der Waals surface area contributed by atoms with Crippen LogP contribution in [0.1, 0.15) is 18.9 Å². The maximum Gasteiger partial charge on any atom is 0.232 e. The van der Waals surface area contributed by atoms with E-state index < -0.39 is 10.0 Å². The molecule has 0 aromatic heterocycles. The summed E-state index contributed by atoms with van der Waals surface area (Å²) in [5.41, 5.74) is 1.53. The van der Waals surface area contributed by atoms with Crippen LogP contribution in [0.4, 0.5) is 5.69 Å². The van der Waals surface area contributed by atoms with Gasteiger partial charge in [0.05, 0.1) is 11.4 Å². The zero-order valence-electron chi connectivity index (χ0n) is 10.7. The van der Waals surface area contributed by atoms with E-state index in [1.165, 1.54) is 0 Å². The fourth-order valence-corrected chi connectivity index (χ4v) is 3.05. The van der Waals surface area contributed by atoms with Gasteiger partial charge in [0.15, 0.2) is 0 Å². The molecule has 18 heavy (non-hydrogen) atoms. The quantitative estimate of drug-likeness (QED) is 0.753. The van der Waals surface area contributed by atoms with E-state index in [9.17, 15) is 8.42 Å². The van der Waals surface area contributed by atoms with Gasteiger partial charge in [0.25, 0.3) is 0 Å². The highest BCUT2D eigenvalue weighted by Crippen LogP contribution is 2.24. The summed E-state index contributed by atoms with van der Waals surface area (Å²) in [6.45, 7) is 5.45. The van der Waals surface area contributed by atoms with E-state index in [1.807, 2.05) is 26.0 Å². The number of rotatable bonds is 7. The van der Waals surface area contributed by atoms with Gasteiger partial charge in [-0.2, -0.15) is 0 Å². The molecule has 2 N–H and O–H groups in total. The molecule has 0 radical (unpaired) electrons. The van der Waals surface area contributed by atoms with Crippen molar-refractivity contribution in [3.8, 4) is 0 Å². The summed E-state index contributed by atoms with van der Waals surface area (Å²) in [5.74, 6) is 0.131. The van der Waals surface area contributed by atoms with Gasteiger partial charge in [-0.1, -0.05) is 28.9 Å². The topological polar surface area (TPSA) is 58.2 Å². The van der Waals surface area contributed by atoms with E-state index in [2.05, 4.69) is 26.0 Å². The predicted molar refractivity (Wildman–Crippen MR) is 79.4 cm³/mol. The van der Waals surface area contributed by atoms with Gasteiger partial charge in [0, 0.05) is 4.47 Å². The van der Waals surface area contributed by atoms with Gasteiger partial charge >= 0.3 is 0 Å². The number of halogens is 1. The van der Waals surface area contributed by atoms with Crippen LogP contribution in [0.5, 0.6) is 0 Å². The van der Waals surface area contributed by atoms with Crippen molar-refractivity contribution in [2.75, 3.05) is 23.6 Å². The maximum absolute atomic E-state index is 11.9. The van der Waals surface area contributed by atoms with E-state index in [-0.39, 0.29) is 5.75 Å². The highest BCUT2D eigenvalue weighted by Gasteiger charge is 2.12. The van der Waals surface area contributed by atoms with Crippen LogP contribution in [0.25, 0.3) is 0 Å². The second-order valence-electron chi connectivity index (χ2n) is 4.04. The minimum atomic E-state index is -3.27. The van der Waals surface area contributed by atoms with Gasteiger partial charge < -0.3 is 5.32 Å². The third-order valence-corrected chi connectivity index (χ3v) is 4.77. The normalized spacial score (nSPS) is 11.5. The second kappa shape index (κ2) is 7.11. The monoisotopic (exact) mass is 334 g/mol. The number of anilines is 1. The Balaban J connectivity index is 2.62. The summed E-state index contributed by atoms with van der Waals surface area (Å²) in [4.78, 5) is 0. The molecule has 0 aliphatic carbocycles. The van der Waals surface area contributed by atoms with Crippen molar-refractivity contribution in [3.63, 3.8) is 0 Å². The van der Waals surface area contributed by atoms with Crippen LogP contribution in [-0.2, 0) is 10.0 Å². The molecule has 4 nitrogen and oxygen atoms in total. The fourth-order valence-electron chi connectivity index (χ4n) is 1.50. The average molecular weight is 335 g/mol. The van der Waals surface area contributed by atoms with E-state index in [1.54, 1.807) is 6.07 Å². The average Bonchev–Trinajstić information content (AvgIpc) is 2.31. The van der Waals surface area contributed by atoms with E-state index in [0.717, 1.165) is 23.1 Å². The van der Waals surface area contributed by atoms with E-state index in [4.69, 9.17) is 0 Å². The van der Waals surface area contributed by atoms with Crippen molar-refractivity contribution in [3.05, 3.63) is 28.2 Å². The van der Waals surface area contributed by atoms with Crippen LogP contribution in [0.2, 0.25) is 0 Å². The maximum atomic E-state index is 11.9. The summed E-state index contributed by atoms with van der Waals surface area (Å²) < 4.78 is 27.3. The van der Waals surface area contributed by atoms with E-state index >= 15 is 0 Å². The largest absolute Gasteiger partial charge is 0.317 e. The summed E-state index contributed by atoms with van der Waals surface area (Å²) in [6, 6.07) is 5.47. The zero-order valence-corrected chi connectivity index (χ0v) is 13.1. The summed E-state index contributed by atoms with van der Waals surface area (Å²) in [7, 11) is -3.27. The number of benzene rings is 1. The molecule has 102 valence electrons. The lowest BCUT2D eigenvalue weighted by atomic mass is 10.2. The van der Waals surface area contributed by atoms with Crippen molar-refractivity contribution < 1.29 is 8.42 Å². The molecule has 1 aromatic rings. The van der Waals surface area contributed by atoms with Crippen LogP contribution in [0, 0.1) is 6.92 Å². The summed E-state index contributed by atoms with van der Waals surface area (Å²) in [5, 5.41) is 3.11. The van der Waals surface area contributed by atoms with Crippen molar-refractivity contribution in [1.29, 1.82) is 0 Å². The molecular formula is C12H19BrN2O2S. The minimum absolute atomic E-state index is 0.131. The second-order valence-corrected chi connectivity index (χ2v) is 6.74. The first-order valence-electron chi connectivity index (χ1n) is 5.92. The molecule has 0 amide bonds. The van der Waals surface area contributed by atoms with Gasteiger partial charge in [-0.15, -0.1) is 0 Å². The Labute approximate surface area is 117 Å². The number of sulfonamides is 1. The van der Waals surface area contributed by atoms with Gasteiger partial charge in [-0.25, -0.2) is 8.42 Å². The SMILES string of the molecule is CCNCCCS(=O)(=O)Nc1cccc(Br)c1C. The lowest BCUT2D eigenvalue weighted by Crippen LogP contribution is -2.22. The molecule has 0 saturated carbocycles. The Hall–Kier alpha value is -0.590. The van der Waals surface area contributed by atoms with Gasteiger partial charge in [-0.3, -0.25) is 4.72 Å². The number of nitrogens with one attached hydrogen (secondary N) is 2. The zero-order chi connectivity index (χ0) is 13.6. The Morgan fingerprint density at radius 2 is 2.06 bits per heavy atom. The highest BCUT2D eigenvalue weighted by atomic mass is 79.9. The summed E-state index contributed by atoms with van der Waals surface area (Å²) in [6.07, 6.45) is 0.607. The van der Waals surface area contributed by atoms with Crippen molar-refractivity contribution >= 4 is 31.6 Å². The van der Waals surface area contributed by atoms with Crippen LogP contribution < -0.4 is 10.0 Å². The van der Waals surface area contributed by atoms with Crippen LogP contribution in [0.15, 0.2) is 22.7 Å². The number of hydrogen-bond donors (Lipinski definition) is 2. The molecule has 1 rings (SSSR count). The first kappa shape index (κ1) is 15.5. The molecular weight excluding hydrogens is 316 g/mol. The van der Waals surface area contributed by atoms with Crippen LogP contribution in [0.3, 0.4) is 0 Å². The standard InChI is InChI=1S/C12H19BrN2O2S/c1-3-14-8-5-9-18(16,17)15-12-7-4-6-11(13)10(12)2/h4,6-7,14-15H,3,5,8-9H2,1-2H3. The first-order chi connectivity index (χ1) is 8.46. The summed E-state index contributed by atoms with van der Waals surface area (Å²) >= 11 is 3.38. The highest BCUT2D eigenvalue weighted by molar-refractivity contribution is 9.10. The molecule has 0 spiro atoms. The Morgan fingerprint density at radius 1 is 1.33 bits per heavy atom. The molecule has 0 aliphatic heterocycles. The molecule has 0 aliphatic rings. The van der Waals surface area contributed by atoms with Gasteiger partial charge in [0.2, 0.25) is 10.0 Å². The first-order valence-corrected chi connectivity index (χ1v) is 8.37. The molecule has 0 unspecified atom stereocenters. The fraction of sp³-hybridized carbons (Fsp3) is 0.500.